The van der Waals surface area contributed by atoms with Crippen molar-refractivity contribution >= 4 is 22.8 Å². The van der Waals surface area contributed by atoms with Gasteiger partial charge in [0.05, 0.1) is 5.56 Å². The number of halogens is 3. The second-order valence-corrected chi connectivity index (χ2v) is 7.78. The summed E-state index contributed by atoms with van der Waals surface area (Å²) in [6.07, 6.45) is -1.83. The van der Waals surface area contributed by atoms with Crippen molar-refractivity contribution in [3.63, 3.8) is 0 Å². The van der Waals surface area contributed by atoms with Gasteiger partial charge < -0.3 is 16.0 Å². The maximum atomic E-state index is 12.9. The van der Waals surface area contributed by atoms with Gasteiger partial charge in [-0.2, -0.15) is 13.2 Å². The van der Waals surface area contributed by atoms with Crippen molar-refractivity contribution in [2.75, 3.05) is 5.73 Å². The van der Waals surface area contributed by atoms with Crippen LogP contribution in [0.1, 0.15) is 44.1 Å². The number of nitrogen functional groups attached to an aromatic ring is 1. The maximum absolute atomic E-state index is 12.9. The number of pyridine rings is 3. The van der Waals surface area contributed by atoms with E-state index in [1.54, 1.807) is 24.3 Å². The van der Waals surface area contributed by atoms with Crippen LogP contribution in [0.5, 0.6) is 0 Å². The fourth-order valence-electron chi connectivity index (χ4n) is 3.66. The van der Waals surface area contributed by atoms with Crippen LogP contribution in [0.4, 0.5) is 19.0 Å². The summed E-state index contributed by atoms with van der Waals surface area (Å²) in [6.45, 7) is 4.04. The van der Waals surface area contributed by atoms with Crippen LogP contribution in [0.3, 0.4) is 0 Å². The Bertz CT molecular complexity index is 1320. The number of fused-ring (bicyclic) bond motifs is 1. The summed E-state index contributed by atoms with van der Waals surface area (Å²) in [6, 6.07) is 7.66. The van der Waals surface area contributed by atoms with Gasteiger partial charge in [0.1, 0.15) is 11.5 Å². The van der Waals surface area contributed by atoms with E-state index in [1.165, 1.54) is 6.20 Å². The van der Waals surface area contributed by atoms with Crippen LogP contribution >= 0.6 is 0 Å². The first kappa shape index (κ1) is 22.3. The third kappa shape index (κ3) is 4.94. The van der Waals surface area contributed by atoms with Gasteiger partial charge in [0.15, 0.2) is 0 Å². The monoisotopic (exact) mass is 454 g/mol. The Morgan fingerprint density at radius 3 is 2.67 bits per heavy atom. The number of aryl methyl sites for hydroxylation is 2. The summed E-state index contributed by atoms with van der Waals surface area (Å²) < 4.78 is 38.7. The number of hydrogen-bond acceptors (Lipinski definition) is 5. The molecule has 0 unspecified atom stereocenters. The van der Waals surface area contributed by atoms with Crippen LogP contribution in [-0.4, -0.2) is 25.8 Å². The number of anilines is 1. The fraction of sp³-hybridized carbons (Fsp3) is 0.217. The standard InChI is InChI=1S/C23H21F3N6O/c1-12-5-20(27)31-13(2)19(12)11-30-22(33)14-3-4-28-17(7-14)9-18-8-15-6-16(23(24,25)26)10-29-21(15)32-18/h3-8,10H,9,11H2,1-2H3,(H2,27,31)(H,29,32)(H,30,33). The highest BCUT2D eigenvalue weighted by Crippen LogP contribution is 2.30. The minimum absolute atomic E-state index is 0.276. The molecule has 10 heteroatoms. The molecule has 0 spiro atoms. The first-order valence-corrected chi connectivity index (χ1v) is 10.1. The maximum Gasteiger partial charge on any atom is 0.417 e. The lowest BCUT2D eigenvalue weighted by Gasteiger charge is -2.12. The summed E-state index contributed by atoms with van der Waals surface area (Å²) in [5.41, 5.74) is 9.54. The van der Waals surface area contributed by atoms with Crippen LogP contribution in [0.2, 0.25) is 0 Å². The quantitative estimate of drug-likeness (QED) is 0.421. The molecule has 0 aliphatic carbocycles. The summed E-state index contributed by atoms with van der Waals surface area (Å²) in [5, 5.41) is 3.24. The molecule has 4 aromatic heterocycles. The lowest BCUT2D eigenvalue weighted by atomic mass is 10.1. The Hall–Kier alpha value is -3.95. The average molecular weight is 454 g/mol. The Labute approximate surface area is 187 Å². The van der Waals surface area contributed by atoms with E-state index in [4.69, 9.17) is 5.73 Å². The van der Waals surface area contributed by atoms with Crippen LogP contribution in [0.15, 0.2) is 42.7 Å². The first-order valence-electron chi connectivity index (χ1n) is 10.1. The minimum Gasteiger partial charge on any atom is -0.384 e. The molecule has 0 atom stereocenters. The summed E-state index contributed by atoms with van der Waals surface area (Å²) in [7, 11) is 0. The minimum atomic E-state index is -4.46. The zero-order valence-electron chi connectivity index (χ0n) is 17.9. The number of rotatable bonds is 5. The number of nitrogens with one attached hydrogen (secondary N) is 2. The number of amides is 1. The molecule has 4 aromatic rings. The highest BCUT2D eigenvalue weighted by Gasteiger charge is 2.31. The van der Waals surface area contributed by atoms with Gasteiger partial charge in [-0.15, -0.1) is 0 Å². The predicted octanol–water partition coefficient (Wildman–Crippen LogP) is 4.09. The highest BCUT2D eigenvalue weighted by molar-refractivity contribution is 5.94. The van der Waals surface area contributed by atoms with Gasteiger partial charge in [0.25, 0.3) is 5.91 Å². The van der Waals surface area contributed by atoms with Gasteiger partial charge in [0, 0.05) is 53.4 Å². The van der Waals surface area contributed by atoms with Crippen molar-refractivity contribution in [2.24, 2.45) is 0 Å². The molecule has 0 bridgehead atoms. The third-order valence-electron chi connectivity index (χ3n) is 5.30. The van der Waals surface area contributed by atoms with E-state index in [0.29, 0.717) is 46.8 Å². The van der Waals surface area contributed by atoms with E-state index >= 15 is 0 Å². The van der Waals surface area contributed by atoms with E-state index < -0.39 is 11.7 Å². The number of aromatic amines is 1. The Kier molecular flexibility index (Phi) is 5.75. The zero-order chi connectivity index (χ0) is 23.8. The average Bonchev–Trinajstić information content (AvgIpc) is 3.13. The summed E-state index contributed by atoms with van der Waals surface area (Å²) in [5.74, 6) is 0.156. The SMILES string of the molecule is Cc1cc(N)nc(C)c1CNC(=O)c1ccnc(Cc2cc3cc(C(F)(F)F)cnc3[nH]2)c1. The van der Waals surface area contributed by atoms with E-state index in [-0.39, 0.29) is 5.91 Å². The predicted molar refractivity (Wildman–Crippen MR) is 117 cm³/mol. The van der Waals surface area contributed by atoms with Crippen molar-refractivity contribution < 1.29 is 18.0 Å². The molecule has 170 valence electrons. The van der Waals surface area contributed by atoms with Gasteiger partial charge >= 0.3 is 6.18 Å². The van der Waals surface area contributed by atoms with Crippen molar-refractivity contribution in [1.82, 2.24) is 25.3 Å². The number of H-pyrrole nitrogens is 1. The molecular weight excluding hydrogens is 433 g/mol. The molecule has 0 radical (unpaired) electrons. The summed E-state index contributed by atoms with van der Waals surface area (Å²) in [4.78, 5) is 28.0. The lowest BCUT2D eigenvalue weighted by Crippen LogP contribution is -2.24. The second-order valence-electron chi connectivity index (χ2n) is 7.78. The first-order chi connectivity index (χ1) is 15.6. The molecule has 33 heavy (non-hydrogen) atoms. The van der Waals surface area contributed by atoms with Crippen molar-refractivity contribution in [1.29, 1.82) is 0 Å². The normalized spacial score (nSPS) is 11.7. The van der Waals surface area contributed by atoms with Gasteiger partial charge in [-0.1, -0.05) is 0 Å². The molecule has 1 amide bonds. The largest absolute Gasteiger partial charge is 0.417 e. The van der Waals surface area contributed by atoms with E-state index in [2.05, 4.69) is 25.3 Å². The van der Waals surface area contributed by atoms with Crippen LogP contribution < -0.4 is 11.1 Å². The van der Waals surface area contributed by atoms with Gasteiger partial charge in [-0.3, -0.25) is 9.78 Å². The van der Waals surface area contributed by atoms with Gasteiger partial charge in [-0.25, -0.2) is 9.97 Å². The molecule has 4 rings (SSSR count). The molecular formula is C23H21F3N6O. The van der Waals surface area contributed by atoms with Gasteiger partial charge in [0.2, 0.25) is 0 Å². The number of nitrogens with two attached hydrogens (primary N) is 1. The molecule has 0 aliphatic heterocycles. The smallest absolute Gasteiger partial charge is 0.384 e. The summed E-state index contributed by atoms with van der Waals surface area (Å²) >= 11 is 0. The Morgan fingerprint density at radius 1 is 1.15 bits per heavy atom. The van der Waals surface area contributed by atoms with Crippen LogP contribution in [0, 0.1) is 13.8 Å². The van der Waals surface area contributed by atoms with E-state index in [0.717, 1.165) is 29.1 Å². The van der Waals surface area contributed by atoms with E-state index in [1.807, 2.05) is 13.8 Å². The highest BCUT2D eigenvalue weighted by atomic mass is 19.4. The Balaban J connectivity index is 1.48. The number of hydrogen-bond donors (Lipinski definition) is 3. The van der Waals surface area contributed by atoms with Gasteiger partial charge in [-0.05, 0) is 55.3 Å². The number of carbonyl (C=O) groups is 1. The molecule has 0 fully saturated rings. The lowest BCUT2D eigenvalue weighted by molar-refractivity contribution is -0.137. The number of carbonyl (C=O) groups excluding carboxylic acids is 1. The molecule has 4 N–H and O–H groups in total. The third-order valence-corrected chi connectivity index (χ3v) is 5.30. The topological polar surface area (TPSA) is 110 Å². The Morgan fingerprint density at radius 2 is 1.94 bits per heavy atom. The molecule has 4 heterocycles. The van der Waals surface area contributed by atoms with Crippen LogP contribution in [0.25, 0.3) is 11.0 Å². The molecule has 7 nitrogen and oxygen atoms in total. The second kappa shape index (κ2) is 8.53. The molecule has 0 saturated heterocycles. The molecule has 0 aromatic carbocycles. The van der Waals surface area contributed by atoms with Crippen LogP contribution in [-0.2, 0) is 19.1 Å². The van der Waals surface area contributed by atoms with Crippen molar-refractivity contribution in [2.45, 2.75) is 33.0 Å². The molecule has 0 aliphatic rings. The molecule has 0 saturated carbocycles. The fourth-order valence-corrected chi connectivity index (χ4v) is 3.66. The van der Waals surface area contributed by atoms with E-state index in [9.17, 15) is 18.0 Å². The zero-order valence-corrected chi connectivity index (χ0v) is 17.9. The van der Waals surface area contributed by atoms with Crippen molar-refractivity contribution in [3.8, 4) is 0 Å². The number of aromatic nitrogens is 4. The number of alkyl halides is 3. The number of nitrogens with zero attached hydrogens (tertiary/aromatic N) is 3. The van der Waals surface area contributed by atoms with Crippen molar-refractivity contribution in [3.05, 3.63) is 82.1 Å².